The van der Waals surface area contributed by atoms with Crippen LogP contribution in [0.4, 0.5) is 5.82 Å². The van der Waals surface area contributed by atoms with Crippen molar-refractivity contribution in [2.75, 3.05) is 19.0 Å². The van der Waals surface area contributed by atoms with Crippen molar-refractivity contribution in [3.8, 4) is 6.07 Å². The Bertz CT molecular complexity index is 412. The van der Waals surface area contributed by atoms with Crippen LogP contribution < -0.4 is 11.3 Å². The number of nitrogens with one attached hydrogen (secondary N) is 1. The van der Waals surface area contributed by atoms with E-state index < -0.39 is 0 Å². The lowest BCUT2D eigenvalue weighted by atomic mass is 10.3. The quantitative estimate of drug-likeness (QED) is 0.563. The zero-order chi connectivity index (χ0) is 12.0. The number of hydrogen-bond donors (Lipinski definition) is 2. The number of nitriles is 1. The highest BCUT2D eigenvalue weighted by Gasteiger charge is 2.12. The van der Waals surface area contributed by atoms with Crippen LogP contribution in [0.3, 0.4) is 0 Å². The third kappa shape index (κ3) is 2.93. The molecule has 1 heterocycles. The highest BCUT2D eigenvalue weighted by atomic mass is 16.2. The highest BCUT2D eigenvalue weighted by Crippen LogP contribution is 2.05. The molecule has 1 aromatic rings. The zero-order valence-electron chi connectivity index (χ0n) is 8.97. The summed E-state index contributed by atoms with van der Waals surface area (Å²) in [5, 5.41) is 8.42. The van der Waals surface area contributed by atoms with Crippen LogP contribution in [0.2, 0.25) is 0 Å². The molecule has 0 aromatic carbocycles. The first-order valence-electron chi connectivity index (χ1n) is 4.75. The fraction of sp³-hybridized carbons (Fsp3) is 0.300. The Kier molecular flexibility index (Phi) is 4.24. The highest BCUT2D eigenvalue weighted by molar-refractivity contribution is 5.92. The van der Waals surface area contributed by atoms with Crippen molar-refractivity contribution in [1.29, 1.82) is 5.26 Å². The molecular weight excluding hydrogens is 206 g/mol. The largest absolute Gasteiger partial charge is 0.339 e. The summed E-state index contributed by atoms with van der Waals surface area (Å²) in [7, 11) is 1.63. The van der Waals surface area contributed by atoms with Gasteiger partial charge in [0.05, 0.1) is 12.5 Å². The Morgan fingerprint density at radius 3 is 3.06 bits per heavy atom. The van der Waals surface area contributed by atoms with Gasteiger partial charge in [0.2, 0.25) is 0 Å². The average Bonchev–Trinajstić information content (AvgIpc) is 2.35. The van der Waals surface area contributed by atoms with Gasteiger partial charge in [0.15, 0.2) is 0 Å². The Morgan fingerprint density at radius 2 is 2.44 bits per heavy atom. The third-order valence-corrected chi connectivity index (χ3v) is 2.02. The van der Waals surface area contributed by atoms with Gasteiger partial charge < -0.3 is 10.3 Å². The van der Waals surface area contributed by atoms with E-state index in [1.807, 2.05) is 6.07 Å². The van der Waals surface area contributed by atoms with Crippen LogP contribution in [0.25, 0.3) is 0 Å². The molecule has 0 saturated heterocycles. The number of carbonyl (C=O) groups excluding carboxylic acids is 1. The van der Waals surface area contributed by atoms with Gasteiger partial charge in [0.25, 0.3) is 5.91 Å². The molecule has 0 aliphatic rings. The molecule has 0 aliphatic heterocycles. The van der Waals surface area contributed by atoms with E-state index in [-0.39, 0.29) is 5.91 Å². The van der Waals surface area contributed by atoms with E-state index in [0.717, 1.165) is 0 Å². The molecule has 1 amide bonds. The van der Waals surface area contributed by atoms with Gasteiger partial charge in [-0.25, -0.2) is 10.8 Å². The second-order valence-corrected chi connectivity index (χ2v) is 3.19. The fourth-order valence-electron chi connectivity index (χ4n) is 1.15. The van der Waals surface area contributed by atoms with Crippen LogP contribution in [0, 0.1) is 11.3 Å². The van der Waals surface area contributed by atoms with Gasteiger partial charge in [-0.2, -0.15) is 5.26 Å². The van der Waals surface area contributed by atoms with E-state index in [1.165, 1.54) is 4.90 Å². The van der Waals surface area contributed by atoms with Gasteiger partial charge in [-0.05, 0) is 12.1 Å². The molecule has 1 rings (SSSR count). The predicted molar refractivity (Wildman–Crippen MR) is 59.2 cm³/mol. The molecular formula is C10H13N5O. The summed E-state index contributed by atoms with van der Waals surface area (Å²) in [6.45, 7) is 0.386. The molecule has 3 N–H and O–H groups in total. The smallest absolute Gasteiger partial charge is 0.272 e. The molecule has 16 heavy (non-hydrogen) atoms. The number of nitrogens with two attached hydrogens (primary N) is 1. The van der Waals surface area contributed by atoms with Crippen molar-refractivity contribution in [3.63, 3.8) is 0 Å². The first kappa shape index (κ1) is 11.9. The molecule has 6 nitrogen and oxygen atoms in total. The normalized spacial score (nSPS) is 9.31. The molecule has 0 fully saturated rings. The molecule has 0 spiro atoms. The number of carbonyl (C=O) groups is 1. The van der Waals surface area contributed by atoms with Crippen LogP contribution in [0.5, 0.6) is 0 Å². The molecule has 84 valence electrons. The maximum atomic E-state index is 11.8. The summed E-state index contributed by atoms with van der Waals surface area (Å²) in [4.78, 5) is 17.3. The van der Waals surface area contributed by atoms with Gasteiger partial charge >= 0.3 is 0 Å². The van der Waals surface area contributed by atoms with Crippen LogP contribution in [0.15, 0.2) is 18.2 Å². The number of amides is 1. The van der Waals surface area contributed by atoms with Crippen LogP contribution in [-0.4, -0.2) is 29.4 Å². The molecule has 0 saturated carbocycles. The number of pyridine rings is 1. The van der Waals surface area contributed by atoms with E-state index in [4.69, 9.17) is 11.1 Å². The summed E-state index contributed by atoms with van der Waals surface area (Å²) in [6.07, 6.45) is 0.303. The summed E-state index contributed by atoms with van der Waals surface area (Å²) < 4.78 is 0. The van der Waals surface area contributed by atoms with Crippen molar-refractivity contribution in [2.24, 2.45) is 5.84 Å². The number of aromatic nitrogens is 1. The van der Waals surface area contributed by atoms with Crippen molar-refractivity contribution >= 4 is 11.7 Å². The number of nitrogen functional groups attached to an aromatic ring is 1. The van der Waals surface area contributed by atoms with E-state index in [0.29, 0.717) is 24.5 Å². The van der Waals surface area contributed by atoms with Gasteiger partial charge in [0.1, 0.15) is 11.5 Å². The van der Waals surface area contributed by atoms with Crippen LogP contribution >= 0.6 is 0 Å². The summed E-state index contributed by atoms with van der Waals surface area (Å²) in [5.41, 5.74) is 2.67. The Hall–Kier alpha value is -2.13. The lowest BCUT2D eigenvalue weighted by Crippen LogP contribution is -2.28. The summed E-state index contributed by atoms with van der Waals surface area (Å²) >= 11 is 0. The molecule has 6 heteroatoms. The lowest BCUT2D eigenvalue weighted by Gasteiger charge is -2.14. The second kappa shape index (κ2) is 5.68. The topological polar surface area (TPSA) is 95.0 Å². The van der Waals surface area contributed by atoms with E-state index in [9.17, 15) is 4.79 Å². The Balaban J connectivity index is 2.76. The van der Waals surface area contributed by atoms with Gasteiger partial charge in [-0.1, -0.05) is 6.07 Å². The van der Waals surface area contributed by atoms with Gasteiger partial charge in [-0.15, -0.1) is 0 Å². The molecule has 0 bridgehead atoms. The third-order valence-electron chi connectivity index (χ3n) is 2.02. The zero-order valence-corrected chi connectivity index (χ0v) is 8.97. The number of hydrogen-bond acceptors (Lipinski definition) is 5. The Morgan fingerprint density at radius 1 is 1.69 bits per heavy atom. The van der Waals surface area contributed by atoms with Crippen molar-refractivity contribution in [2.45, 2.75) is 6.42 Å². The summed E-state index contributed by atoms with van der Waals surface area (Å²) in [5.74, 6) is 5.40. The first-order valence-corrected chi connectivity index (χ1v) is 4.75. The van der Waals surface area contributed by atoms with E-state index in [1.54, 1.807) is 25.2 Å². The molecule has 0 aliphatic carbocycles. The second-order valence-electron chi connectivity index (χ2n) is 3.19. The maximum Gasteiger partial charge on any atom is 0.272 e. The lowest BCUT2D eigenvalue weighted by molar-refractivity contribution is 0.0792. The molecule has 0 radical (unpaired) electrons. The number of anilines is 1. The van der Waals surface area contributed by atoms with E-state index in [2.05, 4.69) is 10.4 Å². The van der Waals surface area contributed by atoms with Crippen molar-refractivity contribution in [3.05, 3.63) is 23.9 Å². The monoisotopic (exact) mass is 219 g/mol. The minimum Gasteiger partial charge on any atom is -0.339 e. The maximum absolute atomic E-state index is 11.8. The van der Waals surface area contributed by atoms with Crippen LogP contribution in [-0.2, 0) is 0 Å². The van der Waals surface area contributed by atoms with Crippen molar-refractivity contribution in [1.82, 2.24) is 9.88 Å². The SMILES string of the molecule is CN(CCC#N)C(=O)c1cccc(NN)n1. The number of nitrogens with zero attached hydrogens (tertiary/aromatic N) is 3. The summed E-state index contributed by atoms with van der Waals surface area (Å²) in [6, 6.07) is 6.93. The minimum absolute atomic E-state index is 0.229. The molecule has 1 aromatic heterocycles. The average molecular weight is 219 g/mol. The van der Waals surface area contributed by atoms with E-state index >= 15 is 0 Å². The van der Waals surface area contributed by atoms with Gasteiger partial charge in [-0.3, -0.25) is 4.79 Å². The minimum atomic E-state index is -0.229. The fourth-order valence-corrected chi connectivity index (χ4v) is 1.15. The molecule has 0 atom stereocenters. The van der Waals surface area contributed by atoms with Gasteiger partial charge in [0, 0.05) is 13.6 Å². The van der Waals surface area contributed by atoms with Crippen molar-refractivity contribution < 1.29 is 4.79 Å². The predicted octanol–water partition coefficient (Wildman–Crippen LogP) is 0.353. The number of rotatable bonds is 4. The van der Waals surface area contributed by atoms with Crippen LogP contribution in [0.1, 0.15) is 16.9 Å². The first-order chi connectivity index (χ1) is 7.69. The standard InChI is InChI=1S/C10H13N5O/c1-15(7-3-6-11)10(16)8-4-2-5-9(13-8)14-12/h2,4-5H,3,7,12H2,1H3,(H,13,14). The number of hydrazine groups is 1. The molecule has 0 unspecified atom stereocenters. The Labute approximate surface area is 93.6 Å².